The Labute approximate surface area is 242 Å². The maximum atomic E-state index is 6.42. The number of nitrogens with zero attached hydrogens (tertiary/aromatic N) is 1. The zero-order chi connectivity index (χ0) is 27.6. The van der Waals surface area contributed by atoms with E-state index in [9.17, 15) is 0 Å². The first kappa shape index (κ1) is 25.5. The van der Waals surface area contributed by atoms with Crippen LogP contribution in [0.3, 0.4) is 0 Å². The van der Waals surface area contributed by atoms with E-state index >= 15 is 0 Å². The van der Waals surface area contributed by atoms with Gasteiger partial charge in [-0.15, -0.1) is 0 Å². The van der Waals surface area contributed by atoms with Gasteiger partial charge in [-0.3, -0.25) is 4.99 Å². The van der Waals surface area contributed by atoms with Crippen LogP contribution in [0.1, 0.15) is 43.7 Å². The molecular weight excluding hydrogens is 498 g/mol. The summed E-state index contributed by atoms with van der Waals surface area (Å²) < 4.78 is 6.42. The minimum Gasteiger partial charge on any atom is -0.456 e. The molecule has 0 amide bonds. The zero-order valence-corrected chi connectivity index (χ0v) is 23.6. The molecular formula is C39H35NO. The number of benzene rings is 3. The van der Waals surface area contributed by atoms with Crippen LogP contribution in [0.5, 0.6) is 0 Å². The van der Waals surface area contributed by atoms with Crippen molar-refractivity contribution in [2.75, 3.05) is 0 Å². The second-order valence-electron chi connectivity index (χ2n) is 11.6. The molecule has 202 valence electrons. The Bertz CT molecular complexity index is 1820. The summed E-state index contributed by atoms with van der Waals surface area (Å²) in [5.41, 5.74) is 9.39. The zero-order valence-electron chi connectivity index (χ0n) is 23.6. The van der Waals surface area contributed by atoms with Crippen LogP contribution < -0.4 is 0 Å². The van der Waals surface area contributed by atoms with Gasteiger partial charge in [0.1, 0.15) is 11.2 Å². The normalized spacial score (nSPS) is 22.1. The molecule has 2 nitrogen and oxygen atoms in total. The second kappa shape index (κ2) is 10.9. The van der Waals surface area contributed by atoms with Crippen LogP contribution in [0, 0.1) is 5.92 Å². The van der Waals surface area contributed by atoms with Gasteiger partial charge in [0, 0.05) is 27.8 Å². The SMILES string of the molecule is CC1(c2ccc(-c3ccc4c(c3)oc3cc(CN=C(C5=CC=CCC5)C5C=CC=CC5)ccc34)cc2)C=CC=CC1. The van der Waals surface area contributed by atoms with Gasteiger partial charge in [-0.05, 0) is 71.7 Å². The lowest BCUT2D eigenvalue weighted by Gasteiger charge is -2.27. The van der Waals surface area contributed by atoms with Gasteiger partial charge >= 0.3 is 0 Å². The van der Waals surface area contributed by atoms with E-state index in [2.05, 4.69) is 134 Å². The quantitative estimate of drug-likeness (QED) is 0.226. The molecule has 7 rings (SSSR count). The van der Waals surface area contributed by atoms with Crippen LogP contribution in [0.4, 0.5) is 0 Å². The number of furan rings is 1. The van der Waals surface area contributed by atoms with Gasteiger partial charge in [0.05, 0.1) is 6.54 Å². The number of rotatable bonds is 6. The molecule has 1 aromatic heterocycles. The lowest BCUT2D eigenvalue weighted by Crippen LogP contribution is -2.19. The van der Waals surface area contributed by atoms with Gasteiger partial charge in [-0.1, -0.05) is 116 Å². The number of allylic oxidation sites excluding steroid dienone is 12. The molecule has 0 spiro atoms. The van der Waals surface area contributed by atoms with Gasteiger partial charge < -0.3 is 4.42 Å². The highest BCUT2D eigenvalue weighted by atomic mass is 16.3. The van der Waals surface area contributed by atoms with Crippen molar-refractivity contribution in [2.45, 2.75) is 44.6 Å². The van der Waals surface area contributed by atoms with Crippen molar-refractivity contribution in [2.24, 2.45) is 10.9 Å². The summed E-state index contributed by atoms with van der Waals surface area (Å²) in [7, 11) is 0. The maximum Gasteiger partial charge on any atom is 0.136 e. The summed E-state index contributed by atoms with van der Waals surface area (Å²) in [5.74, 6) is 0.346. The Kier molecular flexibility index (Phi) is 6.76. The molecule has 0 N–H and O–H groups in total. The first-order valence-corrected chi connectivity index (χ1v) is 14.8. The molecule has 0 saturated heterocycles. The molecule has 2 heteroatoms. The van der Waals surface area contributed by atoms with Crippen LogP contribution in [-0.4, -0.2) is 5.71 Å². The molecule has 4 aromatic rings. The first-order chi connectivity index (χ1) is 20.2. The highest BCUT2D eigenvalue weighted by molar-refractivity contribution is 6.06. The van der Waals surface area contributed by atoms with Crippen molar-refractivity contribution in [3.05, 3.63) is 144 Å². The number of fused-ring (bicyclic) bond motifs is 3. The van der Waals surface area contributed by atoms with E-state index in [1.807, 2.05) is 0 Å². The molecule has 0 bridgehead atoms. The molecule has 0 radical (unpaired) electrons. The lowest BCUT2D eigenvalue weighted by molar-refractivity contribution is 0.600. The third-order valence-corrected chi connectivity index (χ3v) is 8.78. The third kappa shape index (κ3) is 5.11. The first-order valence-electron chi connectivity index (χ1n) is 14.8. The van der Waals surface area contributed by atoms with Crippen molar-refractivity contribution in [1.29, 1.82) is 0 Å². The van der Waals surface area contributed by atoms with Gasteiger partial charge in [0.25, 0.3) is 0 Å². The number of aliphatic imine (C=N–C) groups is 1. The molecule has 0 saturated carbocycles. The minimum atomic E-state index is 0.0625. The summed E-state index contributed by atoms with van der Waals surface area (Å²) in [6.45, 7) is 2.96. The smallest absolute Gasteiger partial charge is 0.136 e. The summed E-state index contributed by atoms with van der Waals surface area (Å²) in [6.07, 6.45) is 28.5. The summed E-state index contributed by atoms with van der Waals surface area (Å²) in [6, 6.07) is 22.1. The highest BCUT2D eigenvalue weighted by Crippen LogP contribution is 2.36. The van der Waals surface area contributed by atoms with Gasteiger partial charge in [0.15, 0.2) is 0 Å². The van der Waals surface area contributed by atoms with E-state index < -0.39 is 0 Å². The van der Waals surface area contributed by atoms with Crippen molar-refractivity contribution in [1.82, 2.24) is 0 Å². The van der Waals surface area contributed by atoms with Crippen molar-refractivity contribution in [3.63, 3.8) is 0 Å². The van der Waals surface area contributed by atoms with Crippen molar-refractivity contribution in [3.8, 4) is 11.1 Å². The highest BCUT2D eigenvalue weighted by Gasteiger charge is 2.23. The Morgan fingerprint density at radius 1 is 0.829 bits per heavy atom. The Morgan fingerprint density at radius 2 is 1.63 bits per heavy atom. The largest absolute Gasteiger partial charge is 0.456 e. The van der Waals surface area contributed by atoms with E-state index in [1.165, 1.54) is 33.5 Å². The van der Waals surface area contributed by atoms with Crippen LogP contribution >= 0.6 is 0 Å². The number of hydrogen-bond donors (Lipinski definition) is 0. The molecule has 3 aliphatic rings. The van der Waals surface area contributed by atoms with Crippen LogP contribution in [0.15, 0.2) is 142 Å². The topological polar surface area (TPSA) is 25.5 Å². The molecule has 3 aromatic carbocycles. The summed E-state index contributed by atoms with van der Waals surface area (Å²) in [5, 5.41) is 2.31. The average Bonchev–Trinajstić information content (AvgIpc) is 3.40. The van der Waals surface area contributed by atoms with Gasteiger partial charge in [0.2, 0.25) is 0 Å². The summed E-state index contributed by atoms with van der Waals surface area (Å²) >= 11 is 0. The fourth-order valence-corrected chi connectivity index (χ4v) is 6.32. The third-order valence-electron chi connectivity index (χ3n) is 8.78. The fraction of sp³-hybridized carbons (Fsp3) is 0.205. The van der Waals surface area contributed by atoms with E-state index in [0.717, 1.165) is 47.6 Å². The monoisotopic (exact) mass is 533 g/mol. The van der Waals surface area contributed by atoms with E-state index in [4.69, 9.17) is 9.41 Å². The summed E-state index contributed by atoms with van der Waals surface area (Å²) in [4.78, 5) is 5.18. The van der Waals surface area contributed by atoms with Crippen molar-refractivity contribution >= 4 is 27.7 Å². The van der Waals surface area contributed by atoms with Gasteiger partial charge in [-0.2, -0.15) is 0 Å². The molecule has 3 aliphatic carbocycles. The molecule has 0 fully saturated rings. The van der Waals surface area contributed by atoms with E-state index in [0.29, 0.717) is 12.5 Å². The second-order valence-corrected chi connectivity index (χ2v) is 11.6. The Balaban J connectivity index is 1.16. The Morgan fingerprint density at radius 3 is 2.39 bits per heavy atom. The predicted molar refractivity (Wildman–Crippen MR) is 173 cm³/mol. The van der Waals surface area contributed by atoms with Crippen LogP contribution in [0.2, 0.25) is 0 Å². The van der Waals surface area contributed by atoms with Crippen LogP contribution in [-0.2, 0) is 12.0 Å². The van der Waals surface area contributed by atoms with Crippen molar-refractivity contribution < 1.29 is 4.42 Å². The van der Waals surface area contributed by atoms with E-state index in [-0.39, 0.29) is 5.41 Å². The fourth-order valence-electron chi connectivity index (χ4n) is 6.32. The molecule has 2 unspecified atom stereocenters. The predicted octanol–water partition coefficient (Wildman–Crippen LogP) is 10.4. The standard InChI is InChI=1S/C39H35NO/c1-39(23-9-4-10-24-39)33-19-16-29(17-20-33)32-18-22-35-34-21-15-28(25-36(34)41-37(35)26-32)27-40-38(30-11-5-2-6-12-30)31-13-7-3-8-14-31/h2-7,9-11,13,15-23,25-26,30H,8,12,14,24,27H2,1H3. The molecule has 1 heterocycles. The Hall–Kier alpha value is -4.43. The number of hydrogen-bond acceptors (Lipinski definition) is 2. The lowest BCUT2D eigenvalue weighted by atomic mass is 9.77. The maximum absolute atomic E-state index is 6.42. The molecule has 2 atom stereocenters. The molecule has 41 heavy (non-hydrogen) atoms. The van der Waals surface area contributed by atoms with Gasteiger partial charge in [-0.25, -0.2) is 0 Å². The average molecular weight is 534 g/mol. The molecule has 0 aliphatic heterocycles. The van der Waals surface area contributed by atoms with E-state index in [1.54, 1.807) is 0 Å². The van der Waals surface area contributed by atoms with Crippen LogP contribution in [0.25, 0.3) is 33.1 Å². The minimum absolute atomic E-state index is 0.0625.